The molecule has 0 amide bonds. The number of hydrogen-bond donors (Lipinski definition) is 1. The molecule has 1 aromatic rings. The van der Waals surface area contributed by atoms with Crippen LogP contribution in [0, 0.1) is 0 Å². The molecule has 0 spiro atoms. The summed E-state index contributed by atoms with van der Waals surface area (Å²) in [5.41, 5.74) is 0.863. The highest BCUT2D eigenvalue weighted by molar-refractivity contribution is 6.23. The van der Waals surface area contributed by atoms with Crippen LogP contribution in [0.3, 0.4) is 0 Å². The van der Waals surface area contributed by atoms with Crippen LogP contribution in [0.25, 0.3) is 0 Å². The Labute approximate surface area is 64.9 Å². The Bertz CT molecular complexity index is 174. The molecule has 1 N–H and O–H groups in total. The van der Waals surface area contributed by atoms with Gasteiger partial charge in [-0.15, -0.1) is 0 Å². The fourth-order valence-electron chi connectivity index (χ4n) is 0.654. The molecular weight excluding hydrogens is 150 g/mol. The zero-order valence-electron chi connectivity index (χ0n) is 5.60. The van der Waals surface area contributed by atoms with Gasteiger partial charge in [0.25, 0.3) is 0 Å². The van der Waals surface area contributed by atoms with Crippen molar-refractivity contribution in [1.82, 2.24) is 0 Å². The Morgan fingerprint density at radius 2 is 1.90 bits per heavy atom. The zero-order chi connectivity index (χ0) is 7.40. The lowest BCUT2D eigenvalue weighted by molar-refractivity contribution is 0.415. The van der Waals surface area contributed by atoms with Gasteiger partial charge in [0, 0.05) is 17.5 Å². The summed E-state index contributed by atoms with van der Waals surface area (Å²) in [4.78, 5) is 2.49. The summed E-state index contributed by atoms with van der Waals surface area (Å²) >= 11 is 5.33. The number of halogens is 1. The highest BCUT2D eigenvalue weighted by Gasteiger charge is 1.89. The summed E-state index contributed by atoms with van der Waals surface area (Å²) in [6.07, 6.45) is 0. The van der Waals surface area contributed by atoms with Crippen molar-refractivity contribution in [2.75, 3.05) is 11.9 Å². The van der Waals surface area contributed by atoms with Crippen LogP contribution in [0.4, 0.5) is 5.69 Å². The van der Waals surface area contributed by atoms with Gasteiger partial charge in [0.2, 0.25) is 0 Å². The summed E-state index contributed by atoms with van der Waals surface area (Å²) in [7, 11) is 1.63. The lowest BCUT2D eigenvalue weighted by Crippen LogP contribution is -1.82. The number of benzene rings is 1. The van der Waals surface area contributed by atoms with Crippen LogP contribution in [0.15, 0.2) is 24.3 Å². The van der Waals surface area contributed by atoms with E-state index in [0.717, 1.165) is 11.4 Å². The molecule has 0 aromatic heterocycles. The number of rotatable bonds is 2. The van der Waals surface area contributed by atoms with Crippen LogP contribution < -0.4 is 9.57 Å². The average Bonchev–Trinajstić information content (AvgIpc) is 2.05. The Morgan fingerprint density at radius 3 is 2.30 bits per heavy atom. The minimum atomic E-state index is 0.829. The zero-order valence-corrected chi connectivity index (χ0v) is 6.35. The molecule has 0 fully saturated rings. The van der Waals surface area contributed by atoms with E-state index in [9.17, 15) is 0 Å². The second kappa shape index (κ2) is 3.32. The van der Waals surface area contributed by atoms with Gasteiger partial charge >= 0.3 is 0 Å². The van der Waals surface area contributed by atoms with Crippen LogP contribution in [0.2, 0.25) is 0 Å². The number of anilines is 1. The molecule has 0 aliphatic heterocycles. The topological polar surface area (TPSA) is 21.3 Å². The Balaban J connectivity index is 2.80. The van der Waals surface area contributed by atoms with Crippen molar-refractivity contribution < 1.29 is 4.74 Å². The van der Waals surface area contributed by atoms with Crippen molar-refractivity contribution in [2.24, 2.45) is 0 Å². The van der Waals surface area contributed by atoms with Gasteiger partial charge in [-0.1, -0.05) is 0 Å². The van der Waals surface area contributed by atoms with Crippen LogP contribution in [-0.4, -0.2) is 7.11 Å². The van der Waals surface area contributed by atoms with Crippen molar-refractivity contribution in [1.29, 1.82) is 0 Å². The molecule has 0 aliphatic rings. The maximum atomic E-state index is 5.33. The molecule has 0 atom stereocenters. The smallest absolute Gasteiger partial charge is 0.119 e. The molecule has 0 unspecified atom stereocenters. The summed E-state index contributed by atoms with van der Waals surface area (Å²) in [6.45, 7) is 0. The summed E-state index contributed by atoms with van der Waals surface area (Å²) in [5.74, 6) is 0.829. The van der Waals surface area contributed by atoms with E-state index < -0.39 is 0 Å². The lowest BCUT2D eigenvalue weighted by Gasteiger charge is -1.99. The van der Waals surface area contributed by atoms with Crippen molar-refractivity contribution >= 4 is 17.5 Å². The second-order valence-electron chi connectivity index (χ2n) is 1.82. The first-order chi connectivity index (χ1) is 4.86. The minimum absolute atomic E-state index is 0.829. The molecule has 0 saturated heterocycles. The third-order valence-electron chi connectivity index (χ3n) is 1.20. The monoisotopic (exact) mass is 157 g/mol. The molecule has 3 heteroatoms. The number of methoxy groups -OCH3 is 1. The second-order valence-corrected chi connectivity index (χ2v) is 2.01. The number of nitrogens with one attached hydrogen (secondary N) is 1. The minimum Gasteiger partial charge on any atom is -0.497 e. The van der Waals surface area contributed by atoms with E-state index in [-0.39, 0.29) is 0 Å². The Kier molecular flexibility index (Phi) is 2.40. The number of ether oxygens (including phenoxy) is 1. The van der Waals surface area contributed by atoms with Crippen LogP contribution in [0.1, 0.15) is 0 Å². The third-order valence-corrected chi connectivity index (χ3v) is 1.42. The fraction of sp³-hybridized carbons (Fsp3) is 0.143. The molecule has 1 rings (SSSR count). The molecule has 0 heterocycles. The molecule has 10 heavy (non-hydrogen) atoms. The first-order valence-electron chi connectivity index (χ1n) is 2.87. The summed E-state index contributed by atoms with van der Waals surface area (Å²) in [6, 6.07) is 7.35. The SMILES string of the molecule is COc1ccc(NCl)cc1. The van der Waals surface area contributed by atoms with Gasteiger partial charge in [-0.25, -0.2) is 0 Å². The summed E-state index contributed by atoms with van der Waals surface area (Å²) in [5, 5.41) is 0. The third kappa shape index (κ3) is 1.54. The Hall–Kier alpha value is -0.890. The molecule has 0 saturated carbocycles. The maximum Gasteiger partial charge on any atom is 0.119 e. The average molecular weight is 158 g/mol. The van der Waals surface area contributed by atoms with Crippen molar-refractivity contribution in [3.63, 3.8) is 0 Å². The van der Waals surface area contributed by atoms with Crippen LogP contribution in [0.5, 0.6) is 5.75 Å². The van der Waals surface area contributed by atoms with Crippen molar-refractivity contribution in [2.45, 2.75) is 0 Å². The van der Waals surface area contributed by atoms with Gasteiger partial charge in [-0.3, -0.25) is 4.84 Å². The van der Waals surface area contributed by atoms with E-state index in [4.69, 9.17) is 16.5 Å². The quantitative estimate of drug-likeness (QED) is 0.665. The van der Waals surface area contributed by atoms with E-state index in [1.165, 1.54) is 0 Å². The first-order valence-corrected chi connectivity index (χ1v) is 3.25. The van der Waals surface area contributed by atoms with Gasteiger partial charge in [-0.2, -0.15) is 0 Å². The fourth-order valence-corrected chi connectivity index (χ4v) is 0.780. The van der Waals surface area contributed by atoms with Gasteiger partial charge < -0.3 is 4.74 Å². The molecule has 0 radical (unpaired) electrons. The molecular formula is C7H8ClNO. The van der Waals surface area contributed by atoms with Gasteiger partial charge in [-0.05, 0) is 24.3 Å². The summed E-state index contributed by atoms with van der Waals surface area (Å²) < 4.78 is 4.94. The highest BCUT2D eigenvalue weighted by Crippen LogP contribution is 2.14. The van der Waals surface area contributed by atoms with Crippen LogP contribution >= 0.6 is 11.8 Å². The predicted molar refractivity (Wildman–Crippen MR) is 42.5 cm³/mol. The van der Waals surface area contributed by atoms with Crippen molar-refractivity contribution in [3.05, 3.63) is 24.3 Å². The van der Waals surface area contributed by atoms with E-state index >= 15 is 0 Å². The first kappa shape index (κ1) is 7.22. The maximum absolute atomic E-state index is 5.33. The number of hydrogen-bond acceptors (Lipinski definition) is 2. The van der Waals surface area contributed by atoms with E-state index in [1.54, 1.807) is 7.11 Å². The highest BCUT2D eigenvalue weighted by atomic mass is 35.5. The van der Waals surface area contributed by atoms with Gasteiger partial charge in [0.1, 0.15) is 5.75 Å². The Morgan fingerprint density at radius 1 is 1.30 bits per heavy atom. The molecule has 0 bridgehead atoms. The largest absolute Gasteiger partial charge is 0.497 e. The van der Waals surface area contributed by atoms with E-state index in [0.29, 0.717) is 0 Å². The molecule has 54 valence electrons. The standard InChI is InChI=1S/C7H8ClNO/c1-10-7-4-2-6(9-8)3-5-7/h2-5,9H,1H3. The van der Waals surface area contributed by atoms with Crippen molar-refractivity contribution in [3.8, 4) is 5.75 Å². The molecule has 2 nitrogen and oxygen atoms in total. The molecule has 1 aromatic carbocycles. The predicted octanol–water partition coefficient (Wildman–Crippen LogP) is 2.26. The van der Waals surface area contributed by atoms with E-state index in [1.807, 2.05) is 24.3 Å². The normalized spacial score (nSPS) is 9.00. The van der Waals surface area contributed by atoms with Gasteiger partial charge in [0.15, 0.2) is 0 Å². The van der Waals surface area contributed by atoms with Gasteiger partial charge in [0.05, 0.1) is 7.11 Å². The lowest BCUT2D eigenvalue weighted by atomic mass is 10.3. The van der Waals surface area contributed by atoms with Crippen LogP contribution in [-0.2, 0) is 0 Å². The molecule has 0 aliphatic carbocycles. The van der Waals surface area contributed by atoms with E-state index in [2.05, 4.69) is 4.84 Å².